The van der Waals surface area contributed by atoms with Crippen molar-refractivity contribution in [1.82, 2.24) is 10.2 Å². The van der Waals surface area contributed by atoms with Crippen LogP contribution in [0.4, 0.5) is 0 Å². The Kier molecular flexibility index (Phi) is 2.71. The first-order chi connectivity index (χ1) is 7.36. The zero-order valence-electron chi connectivity index (χ0n) is 9.61. The molecule has 0 amide bonds. The number of hydrogen-bond donors (Lipinski definition) is 1. The van der Waals surface area contributed by atoms with E-state index in [4.69, 9.17) is 4.74 Å². The van der Waals surface area contributed by atoms with E-state index in [0.717, 1.165) is 31.7 Å². The molecule has 3 atom stereocenters. The average molecular weight is 210 g/mol. The van der Waals surface area contributed by atoms with Gasteiger partial charge in [-0.3, -0.25) is 4.90 Å². The zero-order chi connectivity index (χ0) is 10.3. The Hall–Kier alpha value is -0.120. The first-order valence-electron chi connectivity index (χ1n) is 6.44. The molecule has 0 radical (unpaired) electrons. The molecule has 2 aliphatic heterocycles. The monoisotopic (exact) mass is 210 g/mol. The average Bonchev–Trinajstić information content (AvgIpc) is 2.98. The van der Waals surface area contributed by atoms with E-state index in [-0.39, 0.29) is 0 Å². The molecule has 3 unspecified atom stereocenters. The van der Waals surface area contributed by atoms with Crippen molar-refractivity contribution < 1.29 is 4.74 Å². The lowest BCUT2D eigenvalue weighted by atomic mass is 10.0. The summed E-state index contributed by atoms with van der Waals surface area (Å²) in [5.74, 6) is 0.889. The van der Waals surface area contributed by atoms with Crippen molar-refractivity contribution >= 4 is 0 Å². The van der Waals surface area contributed by atoms with E-state index in [2.05, 4.69) is 17.1 Å². The molecule has 0 aromatic rings. The molecule has 0 spiro atoms. The molecule has 2 heterocycles. The van der Waals surface area contributed by atoms with Gasteiger partial charge in [0.05, 0.1) is 6.10 Å². The van der Waals surface area contributed by atoms with Crippen LogP contribution in [0.3, 0.4) is 0 Å². The highest BCUT2D eigenvalue weighted by Gasteiger charge is 2.44. The fraction of sp³-hybridized carbons (Fsp3) is 1.00. The lowest BCUT2D eigenvalue weighted by molar-refractivity contribution is 0.0249. The van der Waals surface area contributed by atoms with Gasteiger partial charge >= 0.3 is 0 Å². The Balaban J connectivity index is 1.68. The van der Waals surface area contributed by atoms with E-state index in [0.29, 0.717) is 12.1 Å². The molecule has 0 bridgehead atoms. The van der Waals surface area contributed by atoms with Crippen molar-refractivity contribution in [2.24, 2.45) is 5.92 Å². The van der Waals surface area contributed by atoms with Crippen LogP contribution in [0.5, 0.6) is 0 Å². The highest BCUT2D eigenvalue weighted by atomic mass is 16.5. The molecular weight excluding hydrogens is 188 g/mol. The normalized spacial score (nSPS) is 43.4. The van der Waals surface area contributed by atoms with Crippen LogP contribution in [-0.2, 0) is 4.74 Å². The number of nitrogens with one attached hydrogen (secondary N) is 1. The Labute approximate surface area is 92.2 Å². The van der Waals surface area contributed by atoms with E-state index in [1.54, 1.807) is 0 Å². The van der Waals surface area contributed by atoms with Crippen molar-refractivity contribution in [3.05, 3.63) is 0 Å². The minimum Gasteiger partial charge on any atom is -0.376 e. The third-order valence-electron chi connectivity index (χ3n) is 4.17. The fourth-order valence-corrected chi connectivity index (χ4v) is 3.18. The van der Waals surface area contributed by atoms with Gasteiger partial charge in [-0.25, -0.2) is 0 Å². The summed E-state index contributed by atoms with van der Waals surface area (Å²) in [5.41, 5.74) is 0. The van der Waals surface area contributed by atoms with E-state index >= 15 is 0 Å². The van der Waals surface area contributed by atoms with Crippen LogP contribution in [0, 0.1) is 5.92 Å². The first kappa shape index (κ1) is 10.1. The third-order valence-corrected chi connectivity index (χ3v) is 4.17. The van der Waals surface area contributed by atoms with Gasteiger partial charge in [0.2, 0.25) is 0 Å². The summed E-state index contributed by atoms with van der Waals surface area (Å²) in [6.07, 6.45) is 4.62. The molecule has 3 nitrogen and oxygen atoms in total. The highest BCUT2D eigenvalue weighted by molar-refractivity contribution is 4.97. The number of rotatable bonds is 2. The molecule has 3 aliphatic rings. The second-order valence-corrected chi connectivity index (χ2v) is 5.32. The summed E-state index contributed by atoms with van der Waals surface area (Å²) < 4.78 is 5.93. The molecule has 3 fully saturated rings. The molecule has 0 aromatic heterocycles. The molecule has 3 heteroatoms. The van der Waals surface area contributed by atoms with Crippen LogP contribution in [0.25, 0.3) is 0 Å². The summed E-state index contributed by atoms with van der Waals surface area (Å²) in [6.45, 7) is 6.83. The summed E-state index contributed by atoms with van der Waals surface area (Å²) in [7, 11) is 0. The summed E-state index contributed by atoms with van der Waals surface area (Å²) >= 11 is 0. The Bertz CT molecular complexity index is 230. The van der Waals surface area contributed by atoms with Crippen LogP contribution in [-0.4, -0.2) is 49.3 Å². The SMILES string of the molecule is CC1CNCCN1C1CCOC1C1CC1. The van der Waals surface area contributed by atoms with Crippen LogP contribution < -0.4 is 5.32 Å². The zero-order valence-corrected chi connectivity index (χ0v) is 9.61. The van der Waals surface area contributed by atoms with Crippen LogP contribution >= 0.6 is 0 Å². The Morgan fingerprint density at radius 1 is 1.27 bits per heavy atom. The van der Waals surface area contributed by atoms with Gasteiger partial charge in [0.15, 0.2) is 0 Å². The minimum absolute atomic E-state index is 0.561. The number of ether oxygens (including phenoxy) is 1. The van der Waals surface area contributed by atoms with Gasteiger partial charge in [0.25, 0.3) is 0 Å². The van der Waals surface area contributed by atoms with Gasteiger partial charge in [-0.2, -0.15) is 0 Å². The van der Waals surface area contributed by atoms with Crippen molar-refractivity contribution in [2.45, 2.75) is 44.4 Å². The Morgan fingerprint density at radius 2 is 2.13 bits per heavy atom. The standard InChI is InChI=1S/C12H22N2O/c1-9-8-13-5-6-14(9)11-4-7-15-12(11)10-2-3-10/h9-13H,2-8H2,1H3. The maximum atomic E-state index is 5.93. The van der Waals surface area contributed by atoms with Crippen molar-refractivity contribution in [2.75, 3.05) is 26.2 Å². The molecular formula is C12H22N2O. The maximum absolute atomic E-state index is 5.93. The molecule has 3 rings (SSSR count). The van der Waals surface area contributed by atoms with E-state index in [1.807, 2.05) is 0 Å². The van der Waals surface area contributed by atoms with Gasteiger partial charge in [-0.05, 0) is 32.1 Å². The summed E-state index contributed by atoms with van der Waals surface area (Å²) in [6, 6.07) is 1.40. The molecule has 1 saturated carbocycles. The smallest absolute Gasteiger partial charge is 0.0759 e. The molecule has 86 valence electrons. The first-order valence-corrected chi connectivity index (χ1v) is 6.44. The van der Waals surface area contributed by atoms with Gasteiger partial charge in [0, 0.05) is 38.3 Å². The third kappa shape index (κ3) is 1.93. The van der Waals surface area contributed by atoms with Crippen molar-refractivity contribution in [1.29, 1.82) is 0 Å². The minimum atomic E-state index is 0.561. The second kappa shape index (κ2) is 4.04. The van der Waals surface area contributed by atoms with Crippen molar-refractivity contribution in [3.8, 4) is 0 Å². The predicted octanol–water partition coefficient (Wildman–Crippen LogP) is 0.848. The van der Waals surface area contributed by atoms with Crippen LogP contribution in [0.1, 0.15) is 26.2 Å². The van der Waals surface area contributed by atoms with Gasteiger partial charge in [-0.1, -0.05) is 0 Å². The molecule has 1 aliphatic carbocycles. The Morgan fingerprint density at radius 3 is 2.87 bits per heavy atom. The van der Waals surface area contributed by atoms with E-state index < -0.39 is 0 Å². The quantitative estimate of drug-likeness (QED) is 0.731. The predicted molar refractivity (Wildman–Crippen MR) is 59.9 cm³/mol. The molecule has 2 saturated heterocycles. The molecule has 0 aromatic carbocycles. The van der Waals surface area contributed by atoms with Gasteiger partial charge in [-0.15, -0.1) is 0 Å². The van der Waals surface area contributed by atoms with E-state index in [9.17, 15) is 0 Å². The fourth-order valence-electron chi connectivity index (χ4n) is 3.18. The number of piperazine rings is 1. The highest BCUT2D eigenvalue weighted by Crippen LogP contribution is 2.40. The topological polar surface area (TPSA) is 24.5 Å². The lowest BCUT2D eigenvalue weighted by Gasteiger charge is -2.40. The number of hydrogen-bond acceptors (Lipinski definition) is 3. The number of nitrogens with zero attached hydrogens (tertiary/aromatic N) is 1. The maximum Gasteiger partial charge on any atom is 0.0759 e. The molecule has 1 N–H and O–H groups in total. The van der Waals surface area contributed by atoms with Gasteiger partial charge < -0.3 is 10.1 Å². The van der Waals surface area contributed by atoms with Crippen molar-refractivity contribution in [3.63, 3.8) is 0 Å². The van der Waals surface area contributed by atoms with Gasteiger partial charge in [0.1, 0.15) is 0 Å². The second-order valence-electron chi connectivity index (χ2n) is 5.32. The largest absolute Gasteiger partial charge is 0.376 e. The summed E-state index contributed by atoms with van der Waals surface area (Å²) in [5, 5.41) is 3.47. The lowest BCUT2D eigenvalue weighted by Crippen LogP contribution is -2.56. The van der Waals surface area contributed by atoms with Crippen LogP contribution in [0.2, 0.25) is 0 Å². The van der Waals surface area contributed by atoms with E-state index in [1.165, 1.54) is 25.8 Å². The summed E-state index contributed by atoms with van der Waals surface area (Å²) in [4.78, 5) is 2.69. The molecule has 15 heavy (non-hydrogen) atoms. The van der Waals surface area contributed by atoms with Crippen LogP contribution in [0.15, 0.2) is 0 Å².